The number of nitrogens with zero attached hydrogens (tertiary/aromatic N) is 4. The molecule has 0 aromatic carbocycles. The van der Waals surface area contributed by atoms with Crippen molar-refractivity contribution in [1.82, 2.24) is 25.0 Å². The van der Waals surface area contributed by atoms with E-state index in [9.17, 15) is 0 Å². The van der Waals surface area contributed by atoms with Gasteiger partial charge >= 0.3 is 0 Å². The van der Waals surface area contributed by atoms with Crippen LogP contribution in [0.15, 0.2) is 6.07 Å². The van der Waals surface area contributed by atoms with Crippen LogP contribution in [0.3, 0.4) is 0 Å². The molecular weight excluding hydrogens is 250 g/mol. The molecule has 3 rings (SSSR count). The Morgan fingerprint density at radius 2 is 2.05 bits per heavy atom. The second-order valence-electron chi connectivity index (χ2n) is 5.57. The lowest BCUT2D eigenvalue weighted by molar-refractivity contribution is 0.429. The summed E-state index contributed by atoms with van der Waals surface area (Å²) < 4.78 is 1.99. The number of aromatic nitrogens is 5. The summed E-state index contributed by atoms with van der Waals surface area (Å²) >= 11 is 0. The maximum absolute atomic E-state index is 4.73. The minimum atomic E-state index is 0.564. The quantitative estimate of drug-likeness (QED) is 0.929. The molecule has 2 heterocycles. The number of nitrogens with one attached hydrogen (secondary N) is 1. The molecule has 0 amide bonds. The Bertz CT molecular complexity index is 563. The average Bonchev–Trinajstić information content (AvgIpc) is 3.14. The van der Waals surface area contributed by atoms with Gasteiger partial charge in [0.2, 0.25) is 0 Å². The molecule has 0 bridgehead atoms. The highest BCUT2D eigenvalue weighted by molar-refractivity contribution is 5.50. The molecule has 0 unspecified atom stereocenters. The van der Waals surface area contributed by atoms with E-state index in [0.29, 0.717) is 5.92 Å². The highest BCUT2D eigenvalue weighted by Gasteiger charge is 2.20. The van der Waals surface area contributed by atoms with Crippen molar-refractivity contribution in [3.8, 4) is 11.5 Å². The summed E-state index contributed by atoms with van der Waals surface area (Å²) in [5.41, 5.74) is 2.13. The van der Waals surface area contributed by atoms with E-state index in [2.05, 4.69) is 35.2 Å². The third kappa shape index (κ3) is 2.49. The first-order valence-corrected chi connectivity index (χ1v) is 7.81. The molecule has 108 valence electrons. The Morgan fingerprint density at radius 3 is 2.75 bits per heavy atom. The SMILES string of the molecule is CCc1cc(-c2n[nH]c(C3CCCCC3)n2)n(CC)n1. The van der Waals surface area contributed by atoms with Crippen molar-refractivity contribution < 1.29 is 0 Å². The summed E-state index contributed by atoms with van der Waals surface area (Å²) in [7, 11) is 0. The van der Waals surface area contributed by atoms with Gasteiger partial charge in [-0.15, -0.1) is 0 Å². The van der Waals surface area contributed by atoms with Gasteiger partial charge in [-0.25, -0.2) is 4.98 Å². The molecule has 1 saturated carbocycles. The van der Waals surface area contributed by atoms with E-state index >= 15 is 0 Å². The summed E-state index contributed by atoms with van der Waals surface area (Å²) in [6.45, 7) is 5.07. The normalized spacial score (nSPS) is 16.7. The molecule has 1 N–H and O–H groups in total. The number of H-pyrrole nitrogens is 1. The maximum Gasteiger partial charge on any atom is 0.199 e. The third-order valence-corrected chi connectivity index (χ3v) is 4.22. The first kappa shape index (κ1) is 13.3. The van der Waals surface area contributed by atoms with Crippen LogP contribution < -0.4 is 0 Å². The molecule has 0 atom stereocenters. The van der Waals surface area contributed by atoms with Crippen molar-refractivity contribution in [3.05, 3.63) is 17.6 Å². The van der Waals surface area contributed by atoms with Crippen molar-refractivity contribution in [1.29, 1.82) is 0 Å². The van der Waals surface area contributed by atoms with Crippen molar-refractivity contribution in [2.24, 2.45) is 0 Å². The topological polar surface area (TPSA) is 59.4 Å². The van der Waals surface area contributed by atoms with Crippen LogP contribution in [0.2, 0.25) is 0 Å². The van der Waals surface area contributed by atoms with Gasteiger partial charge in [-0.2, -0.15) is 10.2 Å². The first-order chi connectivity index (χ1) is 9.81. The summed E-state index contributed by atoms with van der Waals surface area (Å²) in [5.74, 6) is 2.41. The van der Waals surface area contributed by atoms with Crippen molar-refractivity contribution >= 4 is 0 Å². The highest BCUT2D eigenvalue weighted by Crippen LogP contribution is 2.31. The van der Waals surface area contributed by atoms with Crippen LogP contribution in [0.4, 0.5) is 0 Å². The minimum Gasteiger partial charge on any atom is -0.262 e. The maximum atomic E-state index is 4.73. The molecule has 1 aliphatic rings. The molecule has 2 aromatic rings. The number of aromatic amines is 1. The molecule has 5 heteroatoms. The molecule has 20 heavy (non-hydrogen) atoms. The van der Waals surface area contributed by atoms with Gasteiger partial charge in [0.1, 0.15) is 11.5 Å². The zero-order valence-corrected chi connectivity index (χ0v) is 12.4. The van der Waals surface area contributed by atoms with Crippen LogP contribution in [0.25, 0.3) is 11.5 Å². The van der Waals surface area contributed by atoms with E-state index in [1.807, 2.05) is 4.68 Å². The van der Waals surface area contributed by atoms with Crippen LogP contribution in [0.5, 0.6) is 0 Å². The van der Waals surface area contributed by atoms with Gasteiger partial charge < -0.3 is 0 Å². The fraction of sp³-hybridized carbons (Fsp3) is 0.667. The van der Waals surface area contributed by atoms with E-state index in [1.165, 1.54) is 32.1 Å². The van der Waals surface area contributed by atoms with Crippen LogP contribution in [0.1, 0.15) is 63.4 Å². The van der Waals surface area contributed by atoms with Crippen molar-refractivity contribution in [2.75, 3.05) is 0 Å². The van der Waals surface area contributed by atoms with Crippen molar-refractivity contribution in [3.63, 3.8) is 0 Å². The van der Waals surface area contributed by atoms with Gasteiger partial charge in [0.25, 0.3) is 0 Å². The number of hydrogen-bond donors (Lipinski definition) is 1. The molecule has 5 nitrogen and oxygen atoms in total. The summed E-state index contributed by atoms with van der Waals surface area (Å²) in [6, 6.07) is 2.11. The lowest BCUT2D eigenvalue weighted by atomic mass is 9.89. The van der Waals surface area contributed by atoms with Gasteiger partial charge in [-0.1, -0.05) is 26.2 Å². The first-order valence-electron chi connectivity index (χ1n) is 7.81. The summed E-state index contributed by atoms with van der Waals surface area (Å²) in [5, 5.41) is 12.1. The van der Waals surface area contributed by atoms with Crippen molar-refractivity contribution in [2.45, 2.75) is 64.8 Å². The Kier molecular flexibility index (Phi) is 3.85. The van der Waals surface area contributed by atoms with Gasteiger partial charge in [0, 0.05) is 12.5 Å². The Balaban J connectivity index is 1.87. The molecule has 0 aliphatic heterocycles. The monoisotopic (exact) mass is 273 g/mol. The smallest absolute Gasteiger partial charge is 0.199 e. The molecule has 0 saturated heterocycles. The molecule has 1 fully saturated rings. The van der Waals surface area contributed by atoms with Gasteiger partial charge in [0.05, 0.1) is 5.69 Å². The highest BCUT2D eigenvalue weighted by atomic mass is 15.3. The number of rotatable bonds is 4. The van der Waals surface area contributed by atoms with Crippen LogP contribution >= 0.6 is 0 Å². The minimum absolute atomic E-state index is 0.564. The predicted octanol–water partition coefficient (Wildman–Crippen LogP) is 3.30. The molecule has 0 radical (unpaired) electrons. The molecule has 0 spiro atoms. The predicted molar refractivity (Wildman–Crippen MR) is 78.5 cm³/mol. The zero-order chi connectivity index (χ0) is 13.9. The van der Waals surface area contributed by atoms with Gasteiger partial charge in [0.15, 0.2) is 5.82 Å². The summed E-state index contributed by atoms with van der Waals surface area (Å²) in [4.78, 5) is 4.73. The Hall–Kier alpha value is -1.65. The van der Waals surface area contributed by atoms with E-state index in [1.54, 1.807) is 0 Å². The number of hydrogen-bond acceptors (Lipinski definition) is 3. The molecule has 2 aromatic heterocycles. The summed E-state index contributed by atoms with van der Waals surface area (Å²) in [6.07, 6.45) is 7.41. The molecule has 1 aliphatic carbocycles. The van der Waals surface area contributed by atoms with E-state index in [4.69, 9.17) is 4.98 Å². The fourth-order valence-electron chi connectivity index (χ4n) is 3.01. The standard InChI is InChI=1S/C15H23N5/c1-3-12-10-13(20(4-2)19-12)15-16-14(17-18-15)11-8-6-5-7-9-11/h10-11H,3-9H2,1-2H3,(H,16,17,18). The molecular formula is C15H23N5. The van der Waals surface area contributed by atoms with E-state index in [0.717, 1.165) is 36.0 Å². The van der Waals surface area contributed by atoms with E-state index < -0.39 is 0 Å². The van der Waals surface area contributed by atoms with Gasteiger partial charge in [-0.3, -0.25) is 9.78 Å². The fourth-order valence-corrected chi connectivity index (χ4v) is 3.01. The second kappa shape index (κ2) is 5.77. The lowest BCUT2D eigenvalue weighted by Gasteiger charge is -2.18. The average molecular weight is 273 g/mol. The Morgan fingerprint density at radius 1 is 1.25 bits per heavy atom. The second-order valence-corrected chi connectivity index (χ2v) is 5.57. The third-order valence-electron chi connectivity index (χ3n) is 4.22. The largest absolute Gasteiger partial charge is 0.262 e. The van der Waals surface area contributed by atoms with Crippen LogP contribution in [-0.2, 0) is 13.0 Å². The van der Waals surface area contributed by atoms with Crippen LogP contribution in [0, 0.1) is 0 Å². The van der Waals surface area contributed by atoms with Gasteiger partial charge in [-0.05, 0) is 32.3 Å². The zero-order valence-electron chi connectivity index (χ0n) is 12.4. The van der Waals surface area contributed by atoms with Crippen LogP contribution in [-0.4, -0.2) is 25.0 Å². The van der Waals surface area contributed by atoms with E-state index in [-0.39, 0.29) is 0 Å². The number of aryl methyl sites for hydroxylation is 2. The Labute approximate surface area is 119 Å². The lowest BCUT2D eigenvalue weighted by Crippen LogP contribution is -2.06.